The van der Waals surface area contributed by atoms with E-state index in [1.807, 2.05) is 6.92 Å². The topological polar surface area (TPSA) is 94.7 Å². The fourth-order valence-electron chi connectivity index (χ4n) is 2.66. The quantitative estimate of drug-likeness (QED) is 0.552. The Morgan fingerprint density at radius 1 is 1.32 bits per heavy atom. The molecule has 0 aliphatic carbocycles. The van der Waals surface area contributed by atoms with Crippen LogP contribution in [0.1, 0.15) is 35.8 Å². The predicted octanol–water partition coefficient (Wildman–Crippen LogP) is 4.84. The highest BCUT2D eigenvalue weighted by Crippen LogP contribution is 2.39. The van der Waals surface area contributed by atoms with Crippen LogP contribution >= 0.6 is 23.2 Å². The second kappa shape index (κ2) is 9.91. The lowest BCUT2D eigenvalue weighted by molar-refractivity contribution is 0.0691. The molecule has 1 aromatic heterocycles. The van der Waals surface area contributed by atoms with Gasteiger partial charge in [0.25, 0.3) is 0 Å². The van der Waals surface area contributed by atoms with Crippen molar-refractivity contribution < 1.29 is 23.8 Å². The SMILES string of the molecule is CCCCOCCc1c(-c2ccc(Cl)c(OC)c2F)nc(C(=O)O)c(Cl)c1N. The summed E-state index contributed by atoms with van der Waals surface area (Å²) in [7, 11) is 1.28. The van der Waals surface area contributed by atoms with E-state index in [1.54, 1.807) is 0 Å². The number of rotatable bonds is 9. The maximum Gasteiger partial charge on any atom is 0.356 e. The van der Waals surface area contributed by atoms with Crippen molar-refractivity contribution >= 4 is 34.9 Å². The van der Waals surface area contributed by atoms with E-state index >= 15 is 0 Å². The Hall–Kier alpha value is -2.09. The van der Waals surface area contributed by atoms with Gasteiger partial charge in [-0.1, -0.05) is 36.5 Å². The monoisotopic (exact) mass is 430 g/mol. The molecule has 1 heterocycles. The summed E-state index contributed by atoms with van der Waals surface area (Å²) in [5.74, 6) is -2.31. The lowest BCUT2D eigenvalue weighted by Gasteiger charge is -2.17. The molecule has 1 aromatic carbocycles. The molecule has 0 fully saturated rings. The van der Waals surface area contributed by atoms with Crippen LogP contribution in [0, 0.1) is 5.82 Å². The summed E-state index contributed by atoms with van der Waals surface area (Å²) in [6, 6.07) is 2.83. The molecule has 6 nitrogen and oxygen atoms in total. The third-order valence-corrected chi connectivity index (χ3v) is 4.81. The number of ether oxygens (including phenoxy) is 2. The van der Waals surface area contributed by atoms with Crippen molar-refractivity contribution in [1.82, 2.24) is 4.98 Å². The number of nitrogens with zero attached hydrogens (tertiary/aromatic N) is 1. The number of carboxylic acid groups (broad SMARTS) is 1. The van der Waals surface area contributed by atoms with Crippen molar-refractivity contribution in [2.45, 2.75) is 26.2 Å². The first kappa shape index (κ1) is 22.2. The molecule has 0 aliphatic heterocycles. The summed E-state index contributed by atoms with van der Waals surface area (Å²) >= 11 is 12.0. The minimum absolute atomic E-state index is 0.00988. The van der Waals surface area contributed by atoms with Crippen molar-refractivity contribution in [3.8, 4) is 17.0 Å². The highest BCUT2D eigenvalue weighted by Gasteiger charge is 2.25. The predicted molar refractivity (Wildman–Crippen MR) is 107 cm³/mol. The van der Waals surface area contributed by atoms with Crippen LogP contribution in [0.25, 0.3) is 11.3 Å². The van der Waals surface area contributed by atoms with Crippen LogP contribution in [0.2, 0.25) is 10.0 Å². The molecule has 0 radical (unpaired) electrons. The second-order valence-corrected chi connectivity index (χ2v) is 6.76. The summed E-state index contributed by atoms with van der Waals surface area (Å²) in [5, 5.41) is 9.26. The van der Waals surface area contributed by atoms with Gasteiger partial charge in [-0.05, 0) is 18.6 Å². The van der Waals surface area contributed by atoms with Gasteiger partial charge >= 0.3 is 5.97 Å². The summed E-state index contributed by atoms with van der Waals surface area (Å²) in [5.41, 5.74) is 6.11. The maximum absolute atomic E-state index is 15.0. The van der Waals surface area contributed by atoms with E-state index in [2.05, 4.69) is 4.98 Å². The molecule has 9 heteroatoms. The van der Waals surface area contributed by atoms with Gasteiger partial charge in [0.1, 0.15) is 0 Å². The summed E-state index contributed by atoms with van der Waals surface area (Å²) in [4.78, 5) is 15.6. The number of halogens is 3. The first-order chi connectivity index (χ1) is 13.3. The van der Waals surface area contributed by atoms with E-state index in [1.165, 1.54) is 19.2 Å². The number of anilines is 1. The van der Waals surface area contributed by atoms with Crippen LogP contribution in [0.4, 0.5) is 10.1 Å². The first-order valence-electron chi connectivity index (χ1n) is 8.64. The van der Waals surface area contributed by atoms with Gasteiger partial charge in [0.2, 0.25) is 0 Å². The zero-order valence-electron chi connectivity index (χ0n) is 15.5. The lowest BCUT2D eigenvalue weighted by Crippen LogP contribution is -2.12. The number of hydrogen-bond donors (Lipinski definition) is 2. The van der Waals surface area contributed by atoms with Crippen molar-refractivity contribution in [2.24, 2.45) is 0 Å². The number of nitrogen functional groups attached to an aromatic ring is 1. The molecule has 0 saturated carbocycles. The number of nitrogens with two attached hydrogens (primary N) is 1. The molecule has 2 rings (SSSR count). The van der Waals surface area contributed by atoms with Crippen molar-refractivity contribution in [2.75, 3.05) is 26.1 Å². The number of unbranched alkanes of at least 4 members (excludes halogenated alkanes) is 1. The van der Waals surface area contributed by atoms with E-state index in [4.69, 9.17) is 38.4 Å². The van der Waals surface area contributed by atoms with Gasteiger partial charge in [-0.2, -0.15) is 0 Å². The standard InChI is InChI=1S/C19H21Cl2FN2O4/c1-3-4-8-28-9-7-11-15(23)13(21)17(19(25)26)24-16(11)10-5-6-12(20)18(27-2)14(10)22/h5-6H,3-4,7-9H2,1-2H3,(H2,23,24)(H,25,26). The molecule has 0 atom stereocenters. The fraction of sp³-hybridized carbons (Fsp3) is 0.368. The van der Waals surface area contributed by atoms with Gasteiger partial charge in [0.15, 0.2) is 17.3 Å². The Bertz CT molecular complexity index is 878. The Balaban J connectivity index is 2.59. The van der Waals surface area contributed by atoms with Crippen LogP contribution < -0.4 is 10.5 Å². The second-order valence-electron chi connectivity index (χ2n) is 5.98. The molecule has 0 bridgehead atoms. The highest BCUT2D eigenvalue weighted by atomic mass is 35.5. The Kier molecular flexibility index (Phi) is 7.86. The smallest absolute Gasteiger partial charge is 0.356 e. The summed E-state index contributed by atoms with van der Waals surface area (Å²) in [6.07, 6.45) is 2.17. The number of carbonyl (C=O) groups is 1. The third kappa shape index (κ3) is 4.66. The average molecular weight is 431 g/mol. The minimum atomic E-state index is -1.37. The molecular formula is C19H21Cl2FN2O4. The molecule has 0 unspecified atom stereocenters. The van der Waals surface area contributed by atoms with Crippen LogP contribution in [-0.2, 0) is 11.2 Å². The van der Waals surface area contributed by atoms with Gasteiger partial charge in [0, 0.05) is 24.2 Å². The molecule has 2 aromatic rings. The van der Waals surface area contributed by atoms with E-state index in [0.29, 0.717) is 18.8 Å². The van der Waals surface area contributed by atoms with E-state index in [-0.39, 0.29) is 39.2 Å². The number of pyridine rings is 1. The molecule has 0 aliphatic rings. The largest absolute Gasteiger partial charge is 0.492 e. The van der Waals surface area contributed by atoms with Crippen LogP contribution in [0.5, 0.6) is 5.75 Å². The molecule has 3 N–H and O–H groups in total. The zero-order chi connectivity index (χ0) is 20.8. The van der Waals surface area contributed by atoms with Gasteiger partial charge in [0.05, 0.1) is 35.1 Å². The van der Waals surface area contributed by atoms with E-state index < -0.39 is 17.5 Å². The van der Waals surface area contributed by atoms with E-state index in [0.717, 1.165) is 12.8 Å². The summed E-state index contributed by atoms with van der Waals surface area (Å²) < 4.78 is 25.5. The lowest BCUT2D eigenvalue weighted by atomic mass is 10.00. The van der Waals surface area contributed by atoms with Crippen molar-refractivity contribution in [3.05, 3.63) is 39.3 Å². The molecule has 0 spiro atoms. The van der Waals surface area contributed by atoms with Crippen molar-refractivity contribution in [3.63, 3.8) is 0 Å². The van der Waals surface area contributed by atoms with Crippen LogP contribution in [-0.4, -0.2) is 36.4 Å². The third-order valence-electron chi connectivity index (χ3n) is 4.13. The molecule has 152 valence electrons. The molecular weight excluding hydrogens is 410 g/mol. The number of benzene rings is 1. The number of carboxylic acids is 1. The molecule has 0 saturated heterocycles. The molecule has 0 amide bonds. The number of aromatic carboxylic acids is 1. The van der Waals surface area contributed by atoms with Gasteiger partial charge in [-0.3, -0.25) is 0 Å². The Morgan fingerprint density at radius 3 is 2.64 bits per heavy atom. The number of aromatic nitrogens is 1. The number of methoxy groups -OCH3 is 1. The maximum atomic E-state index is 15.0. The van der Waals surface area contributed by atoms with Crippen LogP contribution in [0.3, 0.4) is 0 Å². The van der Waals surface area contributed by atoms with Gasteiger partial charge in [-0.25, -0.2) is 14.2 Å². The van der Waals surface area contributed by atoms with E-state index in [9.17, 15) is 14.3 Å². The first-order valence-corrected chi connectivity index (χ1v) is 9.40. The fourth-order valence-corrected chi connectivity index (χ4v) is 3.12. The van der Waals surface area contributed by atoms with Crippen molar-refractivity contribution in [1.29, 1.82) is 0 Å². The van der Waals surface area contributed by atoms with Crippen LogP contribution in [0.15, 0.2) is 12.1 Å². The number of hydrogen-bond acceptors (Lipinski definition) is 5. The average Bonchev–Trinajstić information content (AvgIpc) is 2.65. The Morgan fingerprint density at radius 2 is 2.04 bits per heavy atom. The minimum Gasteiger partial charge on any atom is -0.492 e. The summed E-state index contributed by atoms with van der Waals surface area (Å²) in [6.45, 7) is 2.92. The van der Waals surface area contributed by atoms with Gasteiger partial charge < -0.3 is 20.3 Å². The highest BCUT2D eigenvalue weighted by molar-refractivity contribution is 6.36. The zero-order valence-corrected chi connectivity index (χ0v) is 17.0. The Labute approximate surface area is 172 Å². The normalized spacial score (nSPS) is 10.9. The van der Waals surface area contributed by atoms with Gasteiger partial charge in [-0.15, -0.1) is 0 Å². The molecule has 28 heavy (non-hydrogen) atoms.